The number of likely N-dealkylation sites (N-methyl/N-ethyl adjacent to an activating group) is 1. The molecule has 8 heteroatoms. The number of piperidine rings is 1. The van der Waals surface area contributed by atoms with Crippen LogP contribution in [0.2, 0.25) is 0 Å². The van der Waals surface area contributed by atoms with Gasteiger partial charge in [-0.25, -0.2) is 9.86 Å². The molecule has 106 valence electrons. The van der Waals surface area contributed by atoms with Gasteiger partial charge in [0, 0.05) is 19.6 Å². The number of nitrogens with zero attached hydrogens (tertiary/aromatic N) is 1. The molecule has 4 N–H and O–H groups in total. The number of likely N-dealkylation sites (tertiary alicyclic amines) is 1. The molecule has 1 atom stereocenters. The van der Waals surface area contributed by atoms with Gasteiger partial charge in [0.1, 0.15) is 0 Å². The van der Waals surface area contributed by atoms with Crippen LogP contribution in [-0.4, -0.2) is 51.9 Å². The van der Waals surface area contributed by atoms with Gasteiger partial charge in [0.25, 0.3) is 10.2 Å². The molecule has 1 aliphatic heterocycles. The van der Waals surface area contributed by atoms with Crippen LogP contribution < -0.4 is 15.2 Å². The maximum atomic E-state index is 11.8. The van der Waals surface area contributed by atoms with Crippen LogP contribution in [0, 0.1) is 5.92 Å². The van der Waals surface area contributed by atoms with Crippen molar-refractivity contribution in [3.63, 3.8) is 0 Å². The van der Waals surface area contributed by atoms with E-state index in [4.69, 9.17) is 5.14 Å². The zero-order valence-electron chi connectivity index (χ0n) is 10.7. The predicted octanol–water partition coefficient (Wildman–Crippen LogP) is -1.37. The minimum atomic E-state index is -3.64. The van der Waals surface area contributed by atoms with Gasteiger partial charge in [-0.3, -0.25) is 4.79 Å². The SMILES string of the molecule is CCNCC(=O)N1CCCC(CNS(N)(=O)=O)C1. The largest absolute Gasteiger partial charge is 0.341 e. The number of hydrogen-bond donors (Lipinski definition) is 3. The van der Waals surface area contributed by atoms with Gasteiger partial charge in [-0.2, -0.15) is 8.42 Å². The minimum absolute atomic E-state index is 0.0668. The van der Waals surface area contributed by atoms with Crippen LogP contribution in [0.5, 0.6) is 0 Å². The maximum absolute atomic E-state index is 11.8. The summed E-state index contributed by atoms with van der Waals surface area (Å²) in [7, 11) is -3.64. The van der Waals surface area contributed by atoms with Crippen LogP contribution >= 0.6 is 0 Å². The van der Waals surface area contributed by atoms with Gasteiger partial charge in [-0.1, -0.05) is 6.92 Å². The topological polar surface area (TPSA) is 105 Å². The lowest BCUT2D eigenvalue weighted by atomic mass is 9.98. The predicted molar refractivity (Wildman–Crippen MR) is 69.0 cm³/mol. The van der Waals surface area contributed by atoms with E-state index in [1.54, 1.807) is 4.90 Å². The van der Waals surface area contributed by atoms with Crippen molar-refractivity contribution in [3.8, 4) is 0 Å². The highest BCUT2D eigenvalue weighted by Gasteiger charge is 2.23. The van der Waals surface area contributed by atoms with Gasteiger partial charge in [0.2, 0.25) is 5.91 Å². The second-order valence-corrected chi connectivity index (χ2v) is 5.90. The first-order chi connectivity index (χ1) is 8.42. The summed E-state index contributed by atoms with van der Waals surface area (Å²) in [4.78, 5) is 13.6. The van der Waals surface area contributed by atoms with Crippen LogP contribution in [0.4, 0.5) is 0 Å². The zero-order chi connectivity index (χ0) is 13.6. The first kappa shape index (κ1) is 15.4. The average Bonchev–Trinajstić information content (AvgIpc) is 2.33. The molecule has 18 heavy (non-hydrogen) atoms. The van der Waals surface area contributed by atoms with E-state index in [0.717, 1.165) is 25.9 Å². The van der Waals surface area contributed by atoms with E-state index in [-0.39, 0.29) is 11.8 Å². The van der Waals surface area contributed by atoms with Gasteiger partial charge in [0.05, 0.1) is 6.54 Å². The summed E-state index contributed by atoms with van der Waals surface area (Å²) in [5.41, 5.74) is 0. The van der Waals surface area contributed by atoms with Crippen molar-refractivity contribution in [2.24, 2.45) is 11.1 Å². The Morgan fingerprint density at radius 3 is 2.83 bits per heavy atom. The lowest BCUT2D eigenvalue weighted by Gasteiger charge is -2.32. The number of rotatable bonds is 6. The summed E-state index contributed by atoms with van der Waals surface area (Å²) in [5.74, 6) is 0.208. The summed E-state index contributed by atoms with van der Waals surface area (Å²) in [5, 5.41) is 7.88. The Morgan fingerprint density at radius 2 is 2.22 bits per heavy atom. The fourth-order valence-electron chi connectivity index (χ4n) is 2.04. The summed E-state index contributed by atoms with van der Waals surface area (Å²) in [6.07, 6.45) is 1.81. The molecule has 7 nitrogen and oxygen atoms in total. The first-order valence-electron chi connectivity index (χ1n) is 6.18. The summed E-state index contributed by atoms with van der Waals surface area (Å²) >= 11 is 0. The van der Waals surface area contributed by atoms with Crippen molar-refractivity contribution in [2.75, 3.05) is 32.7 Å². The highest BCUT2D eigenvalue weighted by atomic mass is 32.2. The van der Waals surface area contributed by atoms with Gasteiger partial charge >= 0.3 is 0 Å². The summed E-state index contributed by atoms with van der Waals surface area (Å²) in [6, 6.07) is 0. The summed E-state index contributed by atoms with van der Waals surface area (Å²) < 4.78 is 23.9. The van der Waals surface area contributed by atoms with E-state index >= 15 is 0 Å². The highest BCUT2D eigenvalue weighted by Crippen LogP contribution is 2.15. The molecule has 0 aromatic carbocycles. The normalized spacial score (nSPS) is 21.0. The molecule has 1 amide bonds. The van der Waals surface area contributed by atoms with E-state index in [1.807, 2.05) is 6.92 Å². The zero-order valence-corrected chi connectivity index (χ0v) is 11.5. The Kier molecular flexibility index (Phi) is 6.00. The van der Waals surface area contributed by atoms with Gasteiger partial charge in [-0.05, 0) is 25.3 Å². The lowest BCUT2D eigenvalue weighted by Crippen LogP contribution is -2.47. The molecular formula is C10H22N4O3S. The molecule has 0 radical (unpaired) electrons. The molecule has 0 saturated carbocycles. The standard InChI is InChI=1S/C10H22N4O3S/c1-2-12-7-10(15)14-5-3-4-9(8-14)6-13-18(11,16)17/h9,12-13H,2-8H2,1H3,(H2,11,16,17). The number of carbonyl (C=O) groups excluding carboxylic acids is 1. The van der Waals surface area contributed by atoms with Crippen LogP contribution in [0.25, 0.3) is 0 Å². The number of carbonyl (C=O) groups is 1. The minimum Gasteiger partial charge on any atom is -0.341 e. The van der Waals surface area contributed by atoms with Crippen LogP contribution in [0.3, 0.4) is 0 Å². The molecule has 1 heterocycles. The van der Waals surface area contributed by atoms with Gasteiger partial charge in [-0.15, -0.1) is 0 Å². The molecule has 1 rings (SSSR count). The Morgan fingerprint density at radius 1 is 1.50 bits per heavy atom. The Bertz CT molecular complexity index is 371. The van der Waals surface area contributed by atoms with E-state index < -0.39 is 10.2 Å². The van der Waals surface area contributed by atoms with Crippen LogP contribution in [0.15, 0.2) is 0 Å². The molecule has 0 aromatic heterocycles. The molecule has 0 spiro atoms. The molecule has 0 bridgehead atoms. The van der Waals surface area contributed by atoms with Gasteiger partial charge in [0.15, 0.2) is 0 Å². The van der Waals surface area contributed by atoms with Crippen molar-refractivity contribution < 1.29 is 13.2 Å². The molecule has 0 aromatic rings. The number of hydrogen-bond acceptors (Lipinski definition) is 4. The quantitative estimate of drug-likeness (QED) is 0.557. The van der Waals surface area contributed by atoms with Crippen molar-refractivity contribution in [1.82, 2.24) is 14.9 Å². The fourth-order valence-corrected chi connectivity index (χ4v) is 2.50. The lowest BCUT2D eigenvalue weighted by molar-refractivity contribution is -0.131. The Hall–Kier alpha value is -0.700. The van der Waals surface area contributed by atoms with E-state index in [1.165, 1.54) is 0 Å². The molecular weight excluding hydrogens is 256 g/mol. The third-order valence-electron chi connectivity index (χ3n) is 2.97. The van der Waals surface area contributed by atoms with Crippen molar-refractivity contribution in [3.05, 3.63) is 0 Å². The summed E-state index contributed by atoms with van der Waals surface area (Å²) in [6.45, 7) is 4.68. The third-order valence-corrected chi connectivity index (χ3v) is 3.54. The molecule has 0 aliphatic carbocycles. The smallest absolute Gasteiger partial charge is 0.274 e. The Balaban J connectivity index is 2.38. The third kappa shape index (κ3) is 5.76. The highest BCUT2D eigenvalue weighted by molar-refractivity contribution is 7.87. The van der Waals surface area contributed by atoms with Crippen molar-refractivity contribution in [1.29, 1.82) is 0 Å². The number of nitrogens with two attached hydrogens (primary N) is 1. The van der Waals surface area contributed by atoms with Crippen molar-refractivity contribution >= 4 is 16.1 Å². The average molecular weight is 278 g/mol. The maximum Gasteiger partial charge on any atom is 0.274 e. The molecule has 1 unspecified atom stereocenters. The van der Waals surface area contributed by atoms with E-state index in [9.17, 15) is 13.2 Å². The van der Waals surface area contributed by atoms with Gasteiger partial charge < -0.3 is 10.2 Å². The molecule has 1 aliphatic rings. The fraction of sp³-hybridized carbons (Fsp3) is 0.900. The van der Waals surface area contributed by atoms with Crippen LogP contribution in [0.1, 0.15) is 19.8 Å². The van der Waals surface area contributed by atoms with E-state index in [2.05, 4.69) is 10.0 Å². The van der Waals surface area contributed by atoms with Crippen molar-refractivity contribution in [2.45, 2.75) is 19.8 Å². The second kappa shape index (κ2) is 7.03. The molecule has 1 saturated heterocycles. The number of amides is 1. The van der Waals surface area contributed by atoms with E-state index in [0.29, 0.717) is 19.6 Å². The van der Waals surface area contributed by atoms with Crippen LogP contribution in [-0.2, 0) is 15.0 Å². The number of nitrogens with one attached hydrogen (secondary N) is 2. The monoisotopic (exact) mass is 278 g/mol. The second-order valence-electron chi connectivity index (χ2n) is 4.52. The molecule has 1 fully saturated rings. The first-order valence-corrected chi connectivity index (χ1v) is 7.73. The Labute approximate surface area is 108 Å².